The lowest BCUT2D eigenvalue weighted by atomic mass is 9.89. The average Bonchev–Trinajstić information content (AvgIpc) is 2.74. The molecular formula is C22H21F9N2O3S. The number of halogens is 9. The molecular weight excluding hydrogens is 543 g/mol. The van der Waals surface area contributed by atoms with Crippen molar-refractivity contribution in [1.29, 1.82) is 0 Å². The molecule has 0 saturated carbocycles. The zero-order valence-corrected chi connectivity index (χ0v) is 20.0. The topological polar surface area (TPSA) is 78.4 Å². The third-order valence-corrected chi connectivity index (χ3v) is 5.90. The molecule has 0 radical (unpaired) electrons. The van der Waals surface area contributed by atoms with Gasteiger partial charge in [-0.1, -0.05) is 6.07 Å². The summed E-state index contributed by atoms with van der Waals surface area (Å²) in [6.45, 7) is 0.0229. The highest BCUT2D eigenvalue weighted by atomic mass is 32.2. The van der Waals surface area contributed by atoms with Crippen molar-refractivity contribution < 1.29 is 53.6 Å². The first-order valence-corrected chi connectivity index (χ1v) is 12.0. The van der Waals surface area contributed by atoms with Crippen LogP contribution in [0.4, 0.5) is 45.2 Å². The van der Waals surface area contributed by atoms with Crippen LogP contribution in [0, 0.1) is 6.92 Å². The normalized spacial score (nSPS) is 15.1. The molecule has 0 aliphatic carbocycles. The second-order valence-electron chi connectivity index (χ2n) is 8.14. The van der Waals surface area contributed by atoms with Crippen molar-refractivity contribution in [3.63, 3.8) is 0 Å². The maximum absolute atomic E-state index is 13.8. The molecule has 206 valence electrons. The smallest absolute Gasteiger partial charge is 0.381 e. The van der Waals surface area contributed by atoms with Gasteiger partial charge in [-0.25, -0.2) is 0 Å². The Hall–Kier alpha value is -2.81. The van der Waals surface area contributed by atoms with Crippen LogP contribution in [0.1, 0.15) is 27.8 Å². The van der Waals surface area contributed by atoms with Crippen molar-refractivity contribution in [3.05, 3.63) is 64.2 Å². The summed E-state index contributed by atoms with van der Waals surface area (Å²) in [7, 11) is -1.37. The van der Waals surface area contributed by atoms with E-state index in [0.717, 1.165) is 0 Å². The van der Waals surface area contributed by atoms with Crippen molar-refractivity contribution in [1.82, 2.24) is 5.32 Å². The lowest BCUT2D eigenvalue weighted by molar-refractivity contribution is -0.261. The van der Waals surface area contributed by atoms with E-state index in [9.17, 15) is 53.6 Å². The van der Waals surface area contributed by atoms with Crippen LogP contribution >= 0.6 is 0 Å². The molecule has 0 fully saturated rings. The van der Waals surface area contributed by atoms with E-state index in [0.29, 0.717) is 11.1 Å². The molecule has 0 heterocycles. The number of carbonyl (C=O) groups is 1. The highest BCUT2D eigenvalue weighted by Gasteiger charge is 2.56. The van der Waals surface area contributed by atoms with Gasteiger partial charge in [-0.3, -0.25) is 9.00 Å². The second kappa shape index (κ2) is 10.9. The molecule has 2 rings (SSSR count). The molecule has 0 aromatic heterocycles. The molecule has 1 amide bonds. The summed E-state index contributed by atoms with van der Waals surface area (Å²) < 4.78 is 131. The number of carbonyl (C=O) groups excluding carboxylic acids is 1. The van der Waals surface area contributed by atoms with E-state index in [1.54, 1.807) is 0 Å². The summed E-state index contributed by atoms with van der Waals surface area (Å²) in [5.74, 6) is -0.739. The van der Waals surface area contributed by atoms with Gasteiger partial charge in [0.1, 0.15) is 5.75 Å². The molecule has 37 heavy (non-hydrogen) atoms. The molecule has 0 bridgehead atoms. The summed E-state index contributed by atoms with van der Waals surface area (Å²) in [5, 5.41) is 15.1. The first kappa shape index (κ1) is 30.4. The lowest BCUT2D eigenvalue weighted by Gasteiger charge is -2.32. The van der Waals surface area contributed by atoms with Gasteiger partial charge >= 0.3 is 18.5 Å². The van der Waals surface area contributed by atoms with E-state index in [2.05, 4.69) is 10.6 Å². The van der Waals surface area contributed by atoms with Gasteiger partial charge in [0.25, 0.3) is 0 Å². The molecule has 0 aliphatic rings. The maximum Gasteiger partial charge on any atom is 0.423 e. The number of hydrogen-bond acceptors (Lipinski definition) is 4. The minimum Gasteiger partial charge on any atom is -0.381 e. The van der Waals surface area contributed by atoms with Gasteiger partial charge in [-0.15, -0.1) is 0 Å². The Morgan fingerprint density at radius 3 is 1.84 bits per heavy atom. The van der Waals surface area contributed by atoms with E-state index in [4.69, 9.17) is 0 Å². The fourth-order valence-electron chi connectivity index (χ4n) is 3.22. The van der Waals surface area contributed by atoms with Crippen LogP contribution < -0.4 is 10.6 Å². The van der Waals surface area contributed by atoms with Crippen molar-refractivity contribution in [2.45, 2.75) is 37.6 Å². The Kier molecular flexibility index (Phi) is 8.95. The number of aryl methyl sites for hydroxylation is 1. The zero-order valence-electron chi connectivity index (χ0n) is 19.2. The molecule has 3 N–H and O–H groups in total. The highest BCUT2D eigenvalue weighted by Crippen LogP contribution is 2.44. The van der Waals surface area contributed by atoms with E-state index >= 15 is 0 Å². The number of aliphatic hydroxyl groups is 1. The minimum absolute atomic E-state index is 0.000904. The summed E-state index contributed by atoms with van der Waals surface area (Å²) in [5.41, 5.74) is -8.82. The molecule has 0 spiro atoms. The van der Waals surface area contributed by atoms with Gasteiger partial charge in [0, 0.05) is 29.3 Å². The van der Waals surface area contributed by atoms with Crippen LogP contribution in [0.15, 0.2) is 36.4 Å². The van der Waals surface area contributed by atoms with E-state index in [1.807, 2.05) is 0 Å². The number of anilines is 1. The Balaban J connectivity index is 2.36. The number of benzene rings is 2. The number of rotatable bonds is 8. The van der Waals surface area contributed by atoms with Gasteiger partial charge in [-0.2, -0.15) is 39.5 Å². The third-order valence-electron chi connectivity index (χ3n) is 5.24. The van der Waals surface area contributed by atoms with E-state index < -0.39 is 64.1 Å². The number of amides is 1. The van der Waals surface area contributed by atoms with Crippen LogP contribution in [0.3, 0.4) is 0 Å². The number of nitrogens with one attached hydrogen (secondary N) is 2. The first-order valence-electron chi connectivity index (χ1n) is 10.2. The highest BCUT2D eigenvalue weighted by molar-refractivity contribution is 7.85. The standard InChI is InChI=1S/C22H21F9N2O3S/c1-12-5-17(4-3-13(12)9-32-18(34)10-37(2)36)33-11-19(35,22(29,30)31)14-6-15(20(23,24)25)8-16(7-14)21(26,27)28/h3-8,33,35H,9-11H2,1-2H3,(H,32,34)/t19-,37-/m0/s1. The van der Waals surface area contributed by atoms with Crippen LogP contribution in [-0.4, -0.2) is 40.0 Å². The molecule has 5 nitrogen and oxygen atoms in total. The quantitative estimate of drug-likeness (QED) is 0.399. The molecule has 0 saturated heterocycles. The molecule has 15 heteroatoms. The van der Waals surface area contributed by atoms with Crippen molar-refractivity contribution >= 4 is 22.4 Å². The van der Waals surface area contributed by atoms with E-state index in [-0.39, 0.29) is 36.2 Å². The third kappa shape index (κ3) is 7.84. The number of hydrogen-bond donors (Lipinski definition) is 3. The molecule has 2 atom stereocenters. The summed E-state index contributed by atoms with van der Waals surface area (Å²) >= 11 is 0. The minimum atomic E-state index is -5.66. The second-order valence-corrected chi connectivity index (χ2v) is 9.58. The summed E-state index contributed by atoms with van der Waals surface area (Å²) in [6.07, 6.45) is -15.2. The number of alkyl halides is 9. The van der Waals surface area contributed by atoms with Gasteiger partial charge in [0.2, 0.25) is 11.5 Å². The van der Waals surface area contributed by atoms with Crippen molar-refractivity contribution in [2.24, 2.45) is 0 Å². The predicted molar refractivity (Wildman–Crippen MR) is 117 cm³/mol. The van der Waals surface area contributed by atoms with Crippen LogP contribution in [-0.2, 0) is 40.1 Å². The van der Waals surface area contributed by atoms with E-state index in [1.165, 1.54) is 31.4 Å². The first-order chi connectivity index (χ1) is 16.7. The van der Waals surface area contributed by atoms with Gasteiger partial charge in [0.05, 0.1) is 17.7 Å². The summed E-state index contributed by atoms with van der Waals surface area (Å²) in [6, 6.07) is 3.27. The molecule has 2 aromatic carbocycles. The Morgan fingerprint density at radius 2 is 1.41 bits per heavy atom. The zero-order chi connectivity index (χ0) is 28.4. The van der Waals surface area contributed by atoms with Gasteiger partial charge in [-0.05, 0) is 53.9 Å². The molecule has 0 unspecified atom stereocenters. The Morgan fingerprint density at radius 1 is 0.892 bits per heavy atom. The Bertz CT molecular complexity index is 1130. The maximum atomic E-state index is 13.8. The molecule has 0 aliphatic heterocycles. The monoisotopic (exact) mass is 564 g/mol. The largest absolute Gasteiger partial charge is 0.423 e. The molecule has 2 aromatic rings. The van der Waals surface area contributed by atoms with Crippen molar-refractivity contribution in [2.75, 3.05) is 23.9 Å². The summed E-state index contributed by atoms with van der Waals surface area (Å²) in [4.78, 5) is 11.6. The van der Waals surface area contributed by atoms with Gasteiger partial charge < -0.3 is 15.7 Å². The van der Waals surface area contributed by atoms with Crippen LogP contribution in [0.2, 0.25) is 0 Å². The fourth-order valence-corrected chi connectivity index (χ4v) is 3.69. The SMILES string of the molecule is Cc1cc(NC[C@](O)(c2cc(C(F)(F)F)cc(C(F)(F)F)c2)C(F)(F)F)ccc1CNC(=O)C[S@](C)=O. The lowest BCUT2D eigenvalue weighted by Crippen LogP contribution is -2.48. The fraction of sp³-hybridized carbons (Fsp3) is 0.409. The predicted octanol–water partition coefficient (Wildman–Crippen LogP) is 4.89. The average molecular weight is 564 g/mol. The van der Waals surface area contributed by atoms with Crippen molar-refractivity contribution in [3.8, 4) is 0 Å². The van der Waals surface area contributed by atoms with Crippen LogP contribution in [0.25, 0.3) is 0 Å². The van der Waals surface area contributed by atoms with Gasteiger partial charge in [0.15, 0.2) is 0 Å². The Labute approximate surface area is 207 Å². The van der Waals surface area contributed by atoms with Crippen LogP contribution in [0.5, 0.6) is 0 Å².